The van der Waals surface area contributed by atoms with Crippen LogP contribution >= 0.6 is 0 Å². The van der Waals surface area contributed by atoms with Crippen molar-refractivity contribution in [2.75, 3.05) is 7.05 Å². The molecule has 1 aliphatic carbocycles. The van der Waals surface area contributed by atoms with Crippen LogP contribution in [0.4, 0.5) is 13.2 Å². The lowest BCUT2D eigenvalue weighted by atomic mass is 10.2. The van der Waals surface area contributed by atoms with E-state index < -0.39 is 17.6 Å². The number of carbonyl (C=O) groups excluding carboxylic acids is 1. The molecule has 0 bridgehead atoms. The van der Waals surface area contributed by atoms with Crippen LogP contribution in [0.25, 0.3) is 0 Å². The van der Waals surface area contributed by atoms with E-state index in [-0.39, 0.29) is 17.5 Å². The molecule has 18 heavy (non-hydrogen) atoms. The summed E-state index contributed by atoms with van der Waals surface area (Å²) in [6.07, 6.45) is -2.30. The van der Waals surface area contributed by atoms with Crippen molar-refractivity contribution in [3.8, 4) is 5.75 Å². The molecule has 1 aromatic rings. The van der Waals surface area contributed by atoms with Crippen LogP contribution in [0.5, 0.6) is 5.75 Å². The molecule has 98 valence electrons. The van der Waals surface area contributed by atoms with E-state index in [1.165, 1.54) is 7.05 Å². The Labute approximate surface area is 101 Å². The predicted molar refractivity (Wildman–Crippen MR) is 56.3 cm³/mol. The Morgan fingerprint density at radius 1 is 1.50 bits per heavy atom. The van der Waals surface area contributed by atoms with Gasteiger partial charge >= 0.3 is 6.18 Å². The zero-order valence-corrected chi connectivity index (χ0v) is 9.54. The Kier molecular flexibility index (Phi) is 3.14. The van der Waals surface area contributed by atoms with Crippen molar-refractivity contribution < 1.29 is 22.7 Å². The van der Waals surface area contributed by atoms with Gasteiger partial charge in [-0.1, -0.05) is 0 Å². The third-order valence-electron chi connectivity index (χ3n) is 2.45. The summed E-state index contributed by atoms with van der Waals surface area (Å²) in [6, 6.07) is 0.705. The molecule has 0 saturated heterocycles. The zero-order valence-electron chi connectivity index (χ0n) is 9.54. The van der Waals surface area contributed by atoms with Gasteiger partial charge in [-0.15, -0.1) is 0 Å². The third-order valence-corrected chi connectivity index (χ3v) is 2.45. The number of halogens is 3. The molecule has 1 amide bonds. The molecular formula is C11H11F3N2O2. The highest BCUT2D eigenvalue weighted by molar-refractivity contribution is 5.92. The van der Waals surface area contributed by atoms with Gasteiger partial charge in [0, 0.05) is 7.05 Å². The smallest absolute Gasteiger partial charge is 0.420 e. The van der Waals surface area contributed by atoms with E-state index in [1.807, 2.05) is 0 Å². The number of hydrogen-bond donors (Lipinski definition) is 1. The summed E-state index contributed by atoms with van der Waals surface area (Å²) >= 11 is 0. The fraction of sp³-hybridized carbons (Fsp3) is 0.455. The van der Waals surface area contributed by atoms with Crippen LogP contribution in [0.15, 0.2) is 12.3 Å². The van der Waals surface area contributed by atoms with Gasteiger partial charge in [0.1, 0.15) is 17.0 Å². The van der Waals surface area contributed by atoms with E-state index in [1.54, 1.807) is 0 Å². The molecule has 0 aliphatic heterocycles. The molecule has 7 heteroatoms. The zero-order chi connectivity index (χ0) is 13.3. The maximum Gasteiger partial charge on any atom is 0.420 e. The highest BCUT2D eigenvalue weighted by atomic mass is 19.4. The van der Waals surface area contributed by atoms with Crippen molar-refractivity contribution in [2.45, 2.75) is 25.1 Å². The van der Waals surface area contributed by atoms with Crippen LogP contribution in [0, 0.1) is 0 Å². The Bertz CT molecular complexity index is 470. The van der Waals surface area contributed by atoms with Crippen molar-refractivity contribution in [3.63, 3.8) is 0 Å². The quantitative estimate of drug-likeness (QED) is 0.904. The minimum absolute atomic E-state index is 0.168. The Hall–Kier alpha value is -1.79. The fourth-order valence-corrected chi connectivity index (χ4v) is 1.38. The minimum atomic E-state index is -4.57. The summed E-state index contributed by atoms with van der Waals surface area (Å²) in [5.41, 5.74) is -1.25. The second-order valence-electron chi connectivity index (χ2n) is 3.96. The van der Waals surface area contributed by atoms with Crippen molar-refractivity contribution in [1.82, 2.24) is 10.3 Å². The van der Waals surface area contributed by atoms with Gasteiger partial charge in [0.2, 0.25) is 0 Å². The third kappa shape index (κ3) is 2.72. The first kappa shape index (κ1) is 12.7. The Morgan fingerprint density at radius 3 is 2.67 bits per heavy atom. The van der Waals surface area contributed by atoms with Crippen LogP contribution in [0.3, 0.4) is 0 Å². The first-order chi connectivity index (χ1) is 8.41. The number of nitrogens with one attached hydrogen (secondary N) is 1. The number of hydrogen-bond acceptors (Lipinski definition) is 3. The van der Waals surface area contributed by atoms with Crippen LogP contribution in [-0.4, -0.2) is 24.0 Å². The van der Waals surface area contributed by atoms with Crippen LogP contribution in [0.2, 0.25) is 0 Å². The molecule has 1 heterocycles. The standard InChI is InChI=1S/C11H11F3N2O2/c1-15-10(17)8-4-7(11(12,13)14)9(5-16-8)18-6-2-3-6/h4-6H,2-3H2,1H3,(H,15,17). The molecule has 0 radical (unpaired) electrons. The van der Waals surface area contributed by atoms with Crippen molar-refractivity contribution in [2.24, 2.45) is 0 Å². The summed E-state index contributed by atoms with van der Waals surface area (Å²) in [5.74, 6) is -0.990. The van der Waals surface area contributed by atoms with Crippen molar-refractivity contribution in [3.05, 3.63) is 23.5 Å². The summed E-state index contributed by atoms with van der Waals surface area (Å²) < 4.78 is 43.6. The molecule has 1 saturated carbocycles. The van der Waals surface area contributed by atoms with Crippen LogP contribution in [0.1, 0.15) is 28.9 Å². The molecule has 0 atom stereocenters. The molecule has 0 unspecified atom stereocenters. The number of nitrogens with zero attached hydrogens (tertiary/aromatic N) is 1. The van der Waals surface area contributed by atoms with E-state index in [0.29, 0.717) is 6.07 Å². The molecule has 1 aliphatic rings. The molecular weight excluding hydrogens is 249 g/mol. The van der Waals surface area contributed by atoms with E-state index in [9.17, 15) is 18.0 Å². The van der Waals surface area contributed by atoms with E-state index in [2.05, 4.69) is 10.3 Å². The predicted octanol–water partition coefficient (Wildman–Crippen LogP) is 2.00. The average molecular weight is 260 g/mol. The number of carbonyl (C=O) groups is 1. The summed E-state index contributed by atoms with van der Waals surface area (Å²) in [7, 11) is 1.33. The summed E-state index contributed by atoms with van der Waals surface area (Å²) in [5, 5.41) is 2.22. The van der Waals surface area contributed by atoms with Crippen LogP contribution < -0.4 is 10.1 Å². The Morgan fingerprint density at radius 2 is 2.17 bits per heavy atom. The molecule has 1 fully saturated rings. The topological polar surface area (TPSA) is 51.2 Å². The number of rotatable bonds is 3. The molecule has 1 aromatic heterocycles. The van der Waals surface area contributed by atoms with Crippen molar-refractivity contribution >= 4 is 5.91 Å². The molecule has 2 rings (SSSR count). The molecule has 4 nitrogen and oxygen atoms in total. The first-order valence-corrected chi connectivity index (χ1v) is 5.38. The Balaban J connectivity index is 2.37. The first-order valence-electron chi connectivity index (χ1n) is 5.38. The van der Waals surface area contributed by atoms with E-state index in [0.717, 1.165) is 19.0 Å². The lowest BCUT2D eigenvalue weighted by Crippen LogP contribution is -2.21. The van der Waals surface area contributed by atoms with Gasteiger partial charge in [0.05, 0.1) is 12.3 Å². The lowest BCUT2D eigenvalue weighted by Gasteiger charge is -2.14. The monoisotopic (exact) mass is 260 g/mol. The average Bonchev–Trinajstić information content (AvgIpc) is 3.11. The van der Waals surface area contributed by atoms with Crippen LogP contribution in [-0.2, 0) is 6.18 Å². The molecule has 0 spiro atoms. The van der Waals surface area contributed by atoms with E-state index >= 15 is 0 Å². The highest BCUT2D eigenvalue weighted by Crippen LogP contribution is 2.38. The van der Waals surface area contributed by atoms with Crippen molar-refractivity contribution in [1.29, 1.82) is 0 Å². The van der Waals surface area contributed by atoms with Gasteiger partial charge in [0.25, 0.3) is 5.91 Å². The summed E-state index contributed by atoms with van der Waals surface area (Å²) in [4.78, 5) is 14.9. The lowest BCUT2D eigenvalue weighted by molar-refractivity contribution is -0.139. The second kappa shape index (κ2) is 4.47. The highest BCUT2D eigenvalue weighted by Gasteiger charge is 2.37. The van der Waals surface area contributed by atoms with Gasteiger partial charge in [-0.3, -0.25) is 4.79 Å². The minimum Gasteiger partial charge on any atom is -0.488 e. The number of amides is 1. The normalized spacial score (nSPS) is 15.3. The van der Waals surface area contributed by atoms with Gasteiger partial charge in [-0.25, -0.2) is 4.98 Å². The van der Waals surface area contributed by atoms with E-state index in [4.69, 9.17) is 4.74 Å². The number of alkyl halides is 3. The largest absolute Gasteiger partial charge is 0.488 e. The maximum atomic E-state index is 12.8. The number of aromatic nitrogens is 1. The molecule has 0 aromatic carbocycles. The number of pyridine rings is 1. The van der Waals surface area contributed by atoms with Gasteiger partial charge in [-0.05, 0) is 18.9 Å². The van der Waals surface area contributed by atoms with Gasteiger partial charge in [-0.2, -0.15) is 13.2 Å². The SMILES string of the molecule is CNC(=O)c1cc(C(F)(F)F)c(OC2CC2)cn1. The second-order valence-corrected chi connectivity index (χ2v) is 3.96. The number of ether oxygens (including phenoxy) is 1. The van der Waals surface area contributed by atoms with Gasteiger partial charge < -0.3 is 10.1 Å². The van der Waals surface area contributed by atoms with Gasteiger partial charge in [0.15, 0.2) is 0 Å². The fourth-order valence-electron chi connectivity index (χ4n) is 1.38. The summed E-state index contributed by atoms with van der Waals surface area (Å²) in [6.45, 7) is 0. The maximum absolute atomic E-state index is 12.8. The molecule has 1 N–H and O–H groups in total.